The van der Waals surface area contributed by atoms with Crippen LogP contribution in [0.25, 0.3) is 0 Å². The number of halogens is 2. The molecule has 0 unspecified atom stereocenters. The molecule has 2 rings (SSSR count). The monoisotopic (exact) mass is 444 g/mol. The van der Waals surface area contributed by atoms with Gasteiger partial charge in [-0.2, -0.15) is 4.31 Å². The number of carbonyl (C=O) groups excluding carboxylic acids is 1. The highest BCUT2D eigenvalue weighted by atomic mass is 35.5. The van der Waals surface area contributed by atoms with E-state index in [9.17, 15) is 13.2 Å². The molecule has 1 atom stereocenters. The maximum atomic E-state index is 13.1. The van der Waals surface area contributed by atoms with Gasteiger partial charge < -0.3 is 10.1 Å². The van der Waals surface area contributed by atoms with E-state index in [2.05, 4.69) is 5.32 Å². The second-order valence-electron chi connectivity index (χ2n) is 6.28. The van der Waals surface area contributed by atoms with Gasteiger partial charge in [-0.15, -0.1) is 0 Å². The third-order valence-corrected chi connectivity index (χ3v) is 6.18. The summed E-state index contributed by atoms with van der Waals surface area (Å²) < 4.78 is 32.3. The number of benzene rings is 2. The Morgan fingerprint density at radius 2 is 1.61 bits per heavy atom. The number of ether oxygens (including phenoxy) is 1. The largest absolute Gasteiger partial charge is 0.383 e. The van der Waals surface area contributed by atoms with Gasteiger partial charge in [0.25, 0.3) is 0 Å². The standard InChI is InChI=1S/C19H22Cl2N2O4S/c1-14(13-27-2)22-19(24)12-23(11-15-3-5-16(20)6-4-15)28(25,26)18-9-7-17(21)8-10-18/h3-10,14H,11-13H2,1-2H3,(H,22,24)/t14-/m1/s1. The van der Waals surface area contributed by atoms with Gasteiger partial charge in [-0.1, -0.05) is 35.3 Å². The number of rotatable bonds is 9. The summed E-state index contributed by atoms with van der Waals surface area (Å²) in [7, 11) is -2.39. The van der Waals surface area contributed by atoms with Gasteiger partial charge in [-0.25, -0.2) is 8.42 Å². The van der Waals surface area contributed by atoms with E-state index in [1.807, 2.05) is 0 Å². The van der Waals surface area contributed by atoms with Crippen LogP contribution in [0.3, 0.4) is 0 Å². The van der Waals surface area contributed by atoms with Gasteiger partial charge in [-0.3, -0.25) is 4.79 Å². The van der Waals surface area contributed by atoms with E-state index in [1.54, 1.807) is 31.2 Å². The summed E-state index contributed by atoms with van der Waals surface area (Å²) in [4.78, 5) is 12.5. The van der Waals surface area contributed by atoms with Gasteiger partial charge in [0.1, 0.15) is 0 Å². The van der Waals surface area contributed by atoms with Gasteiger partial charge in [0.05, 0.1) is 18.0 Å². The normalized spacial score (nSPS) is 12.8. The van der Waals surface area contributed by atoms with Crippen molar-refractivity contribution in [3.63, 3.8) is 0 Å². The Bertz CT molecular complexity index is 887. The summed E-state index contributed by atoms with van der Waals surface area (Å²) in [5.41, 5.74) is 0.708. The molecule has 2 aromatic rings. The average molecular weight is 445 g/mol. The molecule has 1 amide bonds. The van der Waals surface area contributed by atoms with Crippen LogP contribution in [0.4, 0.5) is 0 Å². The van der Waals surface area contributed by atoms with Crippen LogP contribution in [0.15, 0.2) is 53.4 Å². The summed E-state index contributed by atoms with van der Waals surface area (Å²) in [6.07, 6.45) is 0. The molecular formula is C19H22Cl2N2O4S. The van der Waals surface area contributed by atoms with E-state index in [1.165, 1.54) is 31.4 Å². The molecule has 1 N–H and O–H groups in total. The zero-order chi connectivity index (χ0) is 20.7. The van der Waals surface area contributed by atoms with Crippen molar-refractivity contribution in [2.45, 2.75) is 24.4 Å². The molecule has 152 valence electrons. The van der Waals surface area contributed by atoms with E-state index in [-0.39, 0.29) is 24.0 Å². The van der Waals surface area contributed by atoms with Crippen LogP contribution in [0.2, 0.25) is 10.0 Å². The van der Waals surface area contributed by atoms with Gasteiger partial charge in [0.2, 0.25) is 15.9 Å². The molecule has 6 nitrogen and oxygen atoms in total. The molecule has 0 bridgehead atoms. The number of sulfonamides is 1. The fraction of sp³-hybridized carbons (Fsp3) is 0.316. The Morgan fingerprint density at radius 1 is 1.07 bits per heavy atom. The Morgan fingerprint density at radius 3 is 2.14 bits per heavy atom. The van der Waals surface area contributed by atoms with Crippen molar-refractivity contribution in [2.24, 2.45) is 0 Å². The first-order chi connectivity index (χ1) is 13.2. The third kappa shape index (κ3) is 6.46. The topological polar surface area (TPSA) is 75.7 Å². The minimum Gasteiger partial charge on any atom is -0.383 e. The molecular weight excluding hydrogens is 423 g/mol. The lowest BCUT2D eigenvalue weighted by molar-refractivity contribution is -0.122. The summed E-state index contributed by atoms with van der Waals surface area (Å²) in [6.45, 7) is 1.79. The average Bonchev–Trinajstić information content (AvgIpc) is 2.63. The highest BCUT2D eigenvalue weighted by Gasteiger charge is 2.27. The second-order valence-corrected chi connectivity index (χ2v) is 9.09. The van der Waals surface area contributed by atoms with Crippen molar-refractivity contribution in [3.8, 4) is 0 Å². The van der Waals surface area contributed by atoms with E-state index >= 15 is 0 Å². The third-order valence-electron chi connectivity index (χ3n) is 3.87. The predicted molar refractivity (Wildman–Crippen MR) is 110 cm³/mol. The molecule has 0 fully saturated rings. The molecule has 0 aromatic heterocycles. The van der Waals surface area contributed by atoms with E-state index < -0.39 is 15.9 Å². The Labute approximate surface area is 175 Å². The first-order valence-corrected chi connectivity index (χ1v) is 10.7. The van der Waals surface area contributed by atoms with Crippen LogP contribution in [0.5, 0.6) is 0 Å². The maximum absolute atomic E-state index is 13.1. The van der Waals surface area contributed by atoms with Gasteiger partial charge >= 0.3 is 0 Å². The molecule has 0 saturated carbocycles. The smallest absolute Gasteiger partial charge is 0.243 e. The minimum absolute atomic E-state index is 0.0220. The molecule has 0 aliphatic rings. The van der Waals surface area contributed by atoms with Crippen molar-refractivity contribution in [2.75, 3.05) is 20.3 Å². The quantitative estimate of drug-likeness (QED) is 0.643. The Balaban J connectivity index is 2.27. The van der Waals surface area contributed by atoms with Crippen LogP contribution in [0.1, 0.15) is 12.5 Å². The van der Waals surface area contributed by atoms with E-state index in [0.717, 1.165) is 4.31 Å². The SMILES string of the molecule is COC[C@@H](C)NC(=O)CN(Cc1ccc(Cl)cc1)S(=O)(=O)c1ccc(Cl)cc1. The fourth-order valence-electron chi connectivity index (χ4n) is 2.55. The van der Waals surface area contributed by atoms with Crippen molar-refractivity contribution in [3.05, 3.63) is 64.1 Å². The van der Waals surface area contributed by atoms with Crippen molar-refractivity contribution < 1.29 is 17.9 Å². The fourth-order valence-corrected chi connectivity index (χ4v) is 4.18. The first kappa shape index (κ1) is 22.6. The van der Waals surface area contributed by atoms with Gasteiger partial charge in [0.15, 0.2) is 0 Å². The van der Waals surface area contributed by atoms with Gasteiger partial charge in [0, 0.05) is 29.7 Å². The number of methoxy groups -OCH3 is 1. The van der Waals surface area contributed by atoms with Crippen LogP contribution < -0.4 is 5.32 Å². The van der Waals surface area contributed by atoms with Gasteiger partial charge in [-0.05, 0) is 48.9 Å². The molecule has 0 aliphatic carbocycles. The molecule has 0 spiro atoms. The molecule has 0 heterocycles. The lowest BCUT2D eigenvalue weighted by Crippen LogP contribution is -2.44. The van der Waals surface area contributed by atoms with E-state index in [4.69, 9.17) is 27.9 Å². The second kappa shape index (κ2) is 10.2. The van der Waals surface area contributed by atoms with Crippen molar-refractivity contribution >= 4 is 39.1 Å². The predicted octanol–water partition coefficient (Wildman–Crippen LogP) is 3.34. The molecule has 0 saturated heterocycles. The molecule has 28 heavy (non-hydrogen) atoms. The number of hydrogen-bond acceptors (Lipinski definition) is 4. The molecule has 2 aromatic carbocycles. The highest BCUT2D eigenvalue weighted by molar-refractivity contribution is 7.89. The zero-order valence-corrected chi connectivity index (χ0v) is 17.9. The maximum Gasteiger partial charge on any atom is 0.243 e. The Hall–Kier alpha value is -1.64. The summed E-state index contributed by atoms with van der Waals surface area (Å²) >= 11 is 11.8. The number of amides is 1. The van der Waals surface area contributed by atoms with Crippen molar-refractivity contribution in [1.82, 2.24) is 9.62 Å². The summed E-state index contributed by atoms with van der Waals surface area (Å²) in [5.74, 6) is -0.420. The number of hydrogen-bond donors (Lipinski definition) is 1. The van der Waals surface area contributed by atoms with E-state index in [0.29, 0.717) is 22.2 Å². The number of carbonyl (C=O) groups is 1. The van der Waals surface area contributed by atoms with Crippen LogP contribution in [-0.2, 0) is 26.1 Å². The molecule has 9 heteroatoms. The molecule has 0 radical (unpaired) electrons. The zero-order valence-electron chi connectivity index (χ0n) is 15.6. The first-order valence-electron chi connectivity index (χ1n) is 8.51. The molecule has 0 aliphatic heterocycles. The lowest BCUT2D eigenvalue weighted by atomic mass is 10.2. The highest BCUT2D eigenvalue weighted by Crippen LogP contribution is 2.21. The lowest BCUT2D eigenvalue weighted by Gasteiger charge is -2.23. The van der Waals surface area contributed by atoms with Crippen LogP contribution in [-0.4, -0.2) is 44.9 Å². The number of nitrogens with one attached hydrogen (secondary N) is 1. The van der Waals surface area contributed by atoms with Crippen LogP contribution >= 0.6 is 23.2 Å². The minimum atomic E-state index is -3.92. The summed E-state index contributed by atoms with van der Waals surface area (Å²) in [6, 6.07) is 12.4. The summed E-state index contributed by atoms with van der Waals surface area (Å²) in [5, 5.41) is 3.70. The Kier molecular flexibility index (Phi) is 8.27. The number of nitrogens with zero attached hydrogens (tertiary/aromatic N) is 1. The van der Waals surface area contributed by atoms with Crippen molar-refractivity contribution in [1.29, 1.82) is 0 Å². The van der Waals surface area contributed by atoms with Crippen LogP contribution in [0, 0.1) is 0 Å².